The molecule has 1 aliphatic carbocycles. The molecule has 0 aromatic heterocycles. The minimum absolute atomic E-state index is 0.0579. The molecule has 9 heavy (non-hydrogen) atoms. The highest BCUT2D eigenvalue weighted by Gasteiger charge is 2.10. The fourth-order valence-corrected chi connectivity index (χ4v) is 0.916. The Morgan fingerprint density at radius 1 is 1.78 bits per heavy atom. The predicted octanol–water partition coefficient (Wildman–Crippen LogP) is 1.27. The number of carbonyl (C=O) groups excluding carboxylic acids is 1. The van der Waals surface area contributed by atoms with Crippen LogP contribution in [0.3, 0.4) is 0 Å². The van der Waals surface area contributed by atoms with Crippen LogP contribution in [0.2, 0.25) is 0 Å². The van der Waals surface area contributed by atoms with Crippen molar-refractivity contribution < 1.29 is 9.53 Å². The van der Waals surface area contributed by atoms with E-state index < -0.39 is 0 Å². The molecule has 50 valence electrons. The maximum absolute atomic E-state index is 10.3. The van der Waals surface area contributed by atoms with E-state index in [1.54, 1.807) is 0 Å². The molecule has 1 atom stereocenters. The van der Waals surface area contributed by atoms with Crippen LogP contribution in [0.1, 0.15) is 19.8 Å². The second-order valence-electron chi connectivity index (χ2n) is 2.15. The topological polar surface area (TPSA) is 26.3 Å². The summed E-state index contributed by atoms with van der Waals surface area (Å²) in [6, 6.07) is 0. The first-order chi connectivity index (χ1) is 4.29. The number of esters is 1. The summed E-state index contributed by atoms with van der Waals surface area (Å²) in [5.74, 6) is -0.188. The van der Waals surface area contributed by atoms with Gasteiger partial charge in [0.2, 0.25) is 0 Å². The van der Waals surface area contributed by atoms with Crippen molar-refractivity contribution in [1.29, 1.82) is 0 Å². The summed E-state index contributed by atoms with van der Waals surface area (Å²) in [7, 11) is 0. The van der Waals surface area contributed by atoms with Crippen molar-refractivity contribution in [2.75, 3.05) is 0 Å². The lowest BCUT2D eigenvalue weighted by atomic mass is 10.3. The van der Waals surface area contributed by atoms with E-state index >= 15 is 0 Å². The molecule has 0 spiro atoms. The number of hydrogen-bond donors (Lipinski definition) is 0. The minimum Gasteiger partial charge on any atom is -0.458 e. The molecule has 0 saturated heterocycles. The third-order valence-electron chi connectivity index (χ3n) is 1.29. The van der Waals surface area contributed by atoms with Crippen molar-refractivity contribution in [2.45, 2.75) is 25.9 Å². The van der Waals surface area contributed by atoms with Gasteiger partial charge in [0.05, 0.1) is 0 Å². The van der Waals surface area contributed by atoms with Gasteiger partial charge in [-0.05, 0) is 18.9 Å². The van der Waals surface area contributed by atoms with Crippen LogP contribution >= 0.6 is 0 Å². The Hall–Kier alpha value is -0.790. The van der Waals surface area contributed by atoms with Gasteiger partial charge in [0.1, 0.15) is 6.10 Å². The lowest BCUT2D eigenvalue weighted by Gasteiger charge is -2.05. The first kappa shape index (κ1) is 6.33. The fraction of sp³-hybridized carbons (Fsp3) is 0.571. The maximum atomic E-state index is 10.3. The number of rotatable bonds is 1. The molecular weight excluding hydrogens is 116 g/mol. The fourth-order valence-electron chi connectivity index (χ4n) is 0.916. The predicted molar refractivity (Wildman–Crippen MR) is 33.9 cm³/mol. The van der Waals surface area contributed by atoms with E-state index in [0.717, 1.165) is 12.8 Å². The molecular formula is C7H10O2. The van der Waals surface area contributed by atoms with Crippen LogP contribution in [0.25, 0.3) is 0 Å². The summed E-state index contributed by atoms with van der Waals surface area (Å²) in [5.41, 5.74) is 0. The first-order valence-electron chi connectivity index (χ1n) is 3.13. The van der Waals surface area contributed by atoms with E-state index in [9.17, 15) is 4.79 Å². The van der Waals surface area contributed by atoms with E-state index in [1.165, 1.54) is 6.92 Å². The van der Waals surface area contributed by atoms with Gasteiger partial charge in [0, 0.05) is 6.92 Å². The van der Waals surface area contributed by atoms with Crippen LogP contribution in [0.4, 0.5) is 0 Å². The summed E-state index contributed by atoms with van der Waals surface area (Å²) in [6.07, 6.45) is 6.02. The number of allylic oxidation sites excluding steroid dienone is 1. The molecule has 0 aromatic carbocycles. The smallest absolute Gasteiger partial charge is 0.303 e. The lowest BCUT2D eigenvalue weighted by Crippen LogP contribution is -2.09. The van der Waals surface area contributed by atoms with Crippen LogP contribution in [-0.2, 0) is 9.53 Å². The van der Waals surface area contributed by atoms with Crippen molar-refractivity contribution in [2.24, 2.45) is 0 Å². The van der Waals surface area contributed by atoms with Gasteiger partial charge in [-0.25, -0.2) is 0 Å². The van der Waals surface area contributed by atoms with E-state index in [0.29, 0.717) is 0 Å². The van der Waals surface area contributed by atoms with Crippen LogP contribution in [0.15, 0.2) is 12.2 Å². The highest BCUT2D eigenvalue weighted by atomic mass is 16.5. The zero-order valence-corrected chi connectivity index (χ0v) is 5.46. The second-order valence-corrected chi connectivity index (χ2v) is 2.15. The SMILES string of the molecule is CC(=O)OC1C=CCC1. The van der Waals surface area contributed by atoms with E-state index in [4.69, 9.17) is 4.74 Å². The Labute approximate surface area is 54.5 Å². The van der Waals surface area contributed by atoms with Crippen LogP contribution in [-0.4, -0.2) is 12.1 Å². The average Bonchev–Trinajstić information content (AvgIpc) is 2.15. The molecule has 0 aliphatic heterocycles. The first-order valence-corrected chi connectivity index (χ1v) is 3.13. The number of ether oxygens (including phenoxy) is 1. The number of hydrogen-bond acceptors (Lipinski definition) is 2. The largest absolute Gasteiger partial charge is 0.458 e. The summed E-state index contributed by atoms with van der Waals surface area (Å²) < 4.78 is 4.89. The highest BCUT2D eigenvalue weighted by molar-refractivity contribution is 5.66. The molecule has 0 aromatic rings. The third-order valence-corrected chi connectivity index (χ3v) is 1.29. The molecule has 0 radical (unpaired) electrons. The molecule has 1 rings (SSSR count). The molecule has 2 heteroatoms. The van der Waals surface area contributed by atoms with Gasteiger partial charge >= 0.3 is 5.97 Å². The number of carbonyl (C=O) groups is 1. The Morgan fingerprint density at radius 3 is 3.00 bits per heavy atom. The van der Waals surface area contributed by atoms with Gasteiger partial charge in [-0.3, -0.25) is 4.79 Å². The molecule has 1 aliphatic rings. The van der Waals surface area contributed by atoms with Crippen LogP contribution in [0.5, 0.6) is 0 Å². The third kappa shape index (κ3) is 1.88. The molecule has 0 fully saturated rings. The molecule has 0 N–H and O–H groups in total. The maximum Gasteiger partial charge on any atom is 0.303 e. The Bertz CT molecular complexity index is 138. The van der Waals surface area contributed by atoms with Crippen molar-refractivity contribution in [3.63, 3.8) is 0 Å². The molecule has 0 amide bonds. The lowest BCUT2D eigenvalue weighted by molar-refractivity contribution is -0.144. The molecule has 1 unspecified atom stereocenters. The monoisotopic (exact) mass is 126 g/mol. The van der Waals surface area contributed by atoms with Crippen molar-refractivity contribution in [3.8, 4) is 0 Å². The van der Waals surface area contributed by atoms with Crippen molar-refractivity contribution in [1.82, 2.24) is 0 Å². The Morgan fingerprint density at radius 2 is 2.56 bits per heavy atom. The highest BCUT2D eigenvalue weighted by Crippen LogP contribution is 2.12. The Kier molecular flexibility index (Phi) is 1.88. The summed E-state index contributed by atoms with van der Waals surface area (Å²) in [4.78, 5) is 10.3. The molecule has 2 nitrogen and oxygen atoms in total. The van der Waals surface area contributed by atoms with E-state index in [-0.39, 0.29) is 12.1 Å². The van der Waals surface area contributed by atoms with Gasteiger partial charge in [-0.1, -0.05) is 6.08 Å². The van der Waals surface area contributed by atoms with Gasteiger partial charge in [0.25, 0.3) is 0 Å². The molecule has 0 bridgehead atoms. The second kappa shape index (κ2) is 2.67. The zero-order valence-electron chi connectivity index (χ0n) is 5.46. The normalized spacial score (nSPS) is 24.3. The molecule has 0 saturated carbocycles. The van der Waals surface area contributed by atoms with Crippen molar-refractivity contribution in [3.05, 3.63) is 12.2 Å². The molecule has 0 heterocycles. The Balaban J connectivity index is 2.28. The zero-order chi connectivity index (χ0) is 6.69. The summed E-state index contributed by atoms with van der Waals surface area (Å²) in [5, 5.41) is 0. The van der Waals surface area contributed by atoms with Crippen LogP contribution in [0, 0.1) is 0 Å². The average molecular weight is 126 g/mol. The van der Waals surface area contributed by atoms with Gasteiger partial charge in [0.15, 0.2) is 0 Å². The standard InChI is InChI=1S/C7H10O2/c1-6(8)9-7-4-2-3-5-7/h2,4,7H,3,5H2,1H3. The van der Waals surface area contributed by atoms with Crippen molar-refractivity contribution >= 4 is 5.97 Å². The summed E-state index contributed by atoms with van der Waals surface area (Å²) in [6.45, 7) is 1.44. The van der Waals surface area contributed by atoms with E-state index in [1.807, 2.05) is 12.2 Å². The van der Waals surface area contributed by atoms with E-state index in [2.05, 4.69) is 0 Å². The minimum atomic E-state index is -0.188. The summed E-state index contributed by atoms with van der Waals surface area (Å²) >= 11 is 0. The van der Waals surface area contributed by atoms with Crippen LogP contribution < -0.4 is 0 Å². The van der Waals surface area contributed by atoms with Gasteiger partial charge < -0.3 is 4.74 Å². The quantitative estimate of drug-likeness (QED) is 0.390. The van der Waals surface area contributed by atoms with Gasteiger partial charge in [-0.15, -0.1) is 0 Å². The van der Waals surface area contributed by atoms with Gasteiger partial charge in [-0.2, -0.15) is 0 Å².